The Morgan fingerprint density at radius 3 is 2.63 bits per heavy atom. The molecule has 1 amide bonds. The zero-order valence-electron chi connectivity index (χ0n) is 14.9. The minimum atomic E-state index is -0.229. The number of rotatable bonds is 4. The number of ether oxygens (including phenoxy) is 2. The van der Waals surface area contributed by atoms with Crippen molar-refractivity contribution in [3.05, 3.63) is 65.1 Å². The molecule has 138 valence electrons. The lowest BCUT2D eigenvalue weighted by Gasteiger charge is -2.25. The summed E-state index contributed by atoms with van der Waals surface area (Å²) in [4.78, 5) is 17.1. The molecule has 1 atom stereocenters. The van der Waals surface area contributed by atoms with Gasteiger partial charge in [0.2, 0.25) is 5.91 Å². The van der Waals surface area contributed by atoms with E-state index in [2.05, 4.69) is 10.3 Å². The van der Waals surface area contributed by atoms with Gasteiger partial charge in [-0.1, -0.05) is 11.6 Å². The summed E-state index contributed by atoms with van der Waals surface area (Å²) in [6.45, 7) is 0. The number of hydrogen-bond donors (Lipinski definition) is 1. The SMILES string of the molecule is COc1ccc(OC)c(C2CC(=O)Nc3c2ncn3-c2ccc(Cl)cc2)c1. The molecule has 2 aromatic carbocycles. The van der Waals surface area contributed by atoms with Crippen LogP contribution in [0.3, 0.4) is 0 Å². The van der Waals surface area contributed by atoms with Crippen molar-refractivity contribution < 1.29 is 14.3 Å². The van der Waals surface area contributed by atoms with Gasteiger partial charge in [-0.2, -0.15) is 0 Å². The third-order valence-corrected chi connectivity index (χ3v) is 4.94. The summed E-state index contributed by atoms with van der Waals surface area (Å²) >= 11 is 5.98. The Bertz CT molecular complexity index is 998. The second-order valence-corrected chi connectivity index (χ2v) is 6.67. The monoisotopic (exact) mass is 383 g/mol. The number of carbonyl (C=O) groups is 1. The van der Waals surface area contributed by atoms with Gasteiger partial charge in [-0.15, -0.1) is 0 Å². The first-order valence-corrected chi connectivity index (χ1v) is 8.83. The van der Waals surface area contributed by atoms with Crippen LogP contribution in [0.1, 0.15) is 23.6 Å². The number of amides is 1. The molecular weight excluding hydrogens is 366 g/mol. The number of nitrogens with one attached hydrogen (secondary N) is 1. The van der Waals surface area contributed by atoms with E-state index < -0.39 is 0 Å². The molecule has 2 heterocycles. The number of halogens is 1. The maximum Gasteiger partial charge on any atom is 0.226 e. The van der Waals surface area contributed by atoms with Gasteiger partial charge < -0.3 is 14.8 Å². The number of methoxy groups -OCH3 is 2. The number of fused-ring (bicyclic) bond motifs is 1. The molecule has 0 radical (unpaired) electrons. The van der Waals surface area contributed by atoms with Crippen LogP contribution < -0.4 is 14.8 Å². The Hall–Kier alpha value is -2.99. The van der Waals surface area contributed by atoms with Crippen molar-refractivity contribution in [3.63, 3.8) is 0 Å². The van der Waals surface area contributed by atoms with E-state index in [0.717, 1.165) is 16.9 Å². The molecule has 27 heavy (non-hydrogen) atoms. The van der Waals surface area contributed by atoms with Gasteiger partial charge in [0.1, 0.15) is 23.6 Å². The number of hydrogen-bond acceptors (Lipinski definition) is 4. The van der Waals surface area contributed by atoms with E-state index >= 15 is 0 Å². The third-order valence-electron chi connectivity index (χ3n) is 4.69. The number of benzene rings is 2. The summed E-state index contributed by atoms with van der Waals surface area (Å²) < 4.78 is 12.7. The zero-order chi connectivity index (χ0) is 19.0. The molecule has 6 nitrogen and oxygen atoms in total. The van der Waals surface area contributed by atoms with Crippen molar-refractivity contribution in [1.82, 2.24) is 9.55 Å². The fourth-order valence-electron chi connectivity index (χ4n) is 3.37. The summed E-state index contributed by atoms with van der Waals surface area (Å²) in [6, 6.07) is 12.9. The van der Waals surface area contributed by atoms with E-state index in [-0.39, 0.29) is 18.2 Å². The van der Waals surface area contributed by atoms with Gasteiger partial charge in [0, 0.05) is 28.6 Å². The Kier molecular flexibility index (Phi) is 4.49. The number of anilines is 1. The molecule has 1 aliphatic rings. The van der Waals surface area contributed by atoms with Crippen molar-refractivity contribution in [2.75, 3.05) is 19.5 Å². The minimum Gasteiger partial charge on any atom is -0.497 e. The van der Waals surface area contributed by atoms with Crippen LogP contribution in [0.4, 0.5) is 5.82 Å². The van der Waals surface area contributed by atoms with Gasteiger partial charge in [0.05, 0.1) is 19.9 Å². The standard InChI is InChI=1S/C20H18ClN3O3/c1-26-14-7-8-17(27-2)15(9-14)16-10-18(25)23-20-19(16)22-11-24(20)13-5-3-12(21)4-6-13/h3-9,11,16H,10H2,1-2H3,(H,23,25). The molecule has 4 rings (SSSR count). The molecule has 1 aromatic heterocycles. The summed E-state index contributed by atoms with van der Waals surface area (Å²) in [5.41, 5.74) is 2.53. The molecule has 1 N–H and O–H groups in total. The summed E-state index contributed by atoms with van der Waals surface area (Å²) in [5, 5.41) is 3.59. The van der Waals surface area contributed by atoms with Crippen LogP contribution in [0.15, 0.2) is 48.8 Å². The third kappa shape index (κ3) is 3.13. The van der Waals surface area contributed by atoms with Gasteiger partial charge in [0.25, 0.3) is 0 Å². The van der Waals surface area contributed by atoms with Crippen LogP contribution in [0.5, 0.6) is 11.5 Å². The molecule has 3 aromatic rings. The van der Waals surface area contributed by atoms with Crippen LogP contribution in [-0.2, 0) is 4.79 Å². The summed E-state index contributed by atoms with van der Waals surface area (Å²) in [7, 11) is 3.22. The van der Waals surface area contributed by atoms with Crippen LogP contribution in [0.25, 0.3) is 5.69 Å². The first-order chi connectivity index (χ1) is 13.1. The van der Waals surface area contributed by atoms with Crippen LogP contribution in [-0.4, -0.2) is 29.7 Å². The van der Waals surface area contributed by atoms with Crippen LogP contribution in [0.2, 0.25) is 5.02 Å². The molecular formula is C20H18ClN3O3. The molecule has 0 aliphatic carbocycles. The van der Waals surface area contributed by atoms with Crippen molar-refractivity contribution in [2.24, 2.45) is 0 Å². The Balaban J connectivity index is 1.83. The van der Waals surface area contributed by atoms with Gasteiger partial charge in [-0.25, -0.2) is 4.98 Å². The van der Waals surface area contributed by atoms with Crippen molar-refractivity contribution >= 4 is 23.3 Å². The van der Waals surface area contributed by atoms with Crippen molar-refractivity contribution in [2.45, 2.75) is 12.3 Å². The number of aromatic nitrogens is 2. The molecule has 0 bridgehead atoms. The largest absolute Gasteiger partial charge is 0.497 e. The Labute approximate surface area is 161 Å². The molecule has 0 spiro atoms. The Morgan fingerprint density at radius 1 is 1.15 bits per heavy atom. The molecule has 0 saturated carbocycles. The van der Waals surface area contributed by atoms with E-state index in [1.165, 1.54) is 0 Å². The van der Waals surface area contributed by atoms with E-state index in [4.69, 9.17) is 21.1 Å². The predicted molar refractivity (Wildman–Crippen MR) is 103 cm³/mol. The highest BCUT2D eigenvalue weighted by atomic mass is 35.5. The minimum absolute atomic E-state index is 0.0758. The molecule has 7 heteroatoms. The van der Waals surface area contributed by atoms with Crippen LogP contribution >= 0.6 is 11.6 Å². The van der Waals surface area contributed by atoms with E-state index in [9.17, 15) is 4.79 Å². The van der Waals surface area contributed by atoms with Gasteiger partial charge in [-0.05, 0) is 42.5 Å². The summed E-state index contributed by atoms with van der Waals surface area (Å²) in [6.07, 6.45) is 1.99. The maximum absolute atomic E-state index is 12.5. The average molecular weight is 384 g/mol. The van der Waals surface area contributed by atoms with E-state index in [1.54, 1.807) is 32.7 Å². The molecule has 1 unspecified atom stereocenters. The topological polar surface area (TPSA) is 65.4 Å². The quantitative estimate of drug-likeness (QED) is 0.739. The lowest BCUT2D eigenvalue weighted by molar-refractivity contribution is -0.116. The highest BCUT2D eigenvalue weighted by Gasteiger charge is 2.33. The van der Waals surface area contributed by atoms with Gasteiger partial charge in [0.15, 0.2) is 0 Å². The lowest BCUT2D eigenvalue weighted by atomic mass is 9.89. The fourth-order valence-corrected chi connectivity index (χ4v) is 3.50. The second kappa shape index (κ2) is 6.96. The highest BCUT2D eigenvalue weighted by molar-refractivity contribution is 6.30. The smallest absolute Gasteiger partial charge is 0.226 e. The van der Waals surface area contributed by atoms with Gasteiger partial charge in [-0.3, -0.25) is 9.36 Å². The maximum atomic E-state index is 12.5. The van der Waals surface area contributed by atoms with Crippen LogP contribution in [0, 0.1) is 0 Å². The first-order valence-electron chi connectivity index (χ1n) is 8.45. The normalized spacial score (nSPS) is 15.8. The molecule has 1 aliphatic heterocycles. The van der Waals surface area contributed by atoms with Crippen molar-refractivity contribution in [3.8, 4) is 17.2 Å². The second-order valence-electron chi connectivity index (χ2n) is 6.24. The van der Waals surface area contributed by atoms with E-state index in [0.29, 0.717) is 22.3 Å². The van der Waals surface area contributed by atoms with Gasteiger partial charge >= 0.3 is 0 Å². The summed E-state index contributed by atoms with van der Waals surface area (Å²) in [5.74, 6) is 1.75. The van der Waals surface area contributed by atoms with E-state index in [1.807, 2.05) is 34.9 Å². The highest BCUT2D eigenvalue weighted by Crippen LogP contribution is 2.42. The molecule has 0 fully saturated rings. The molecule has 0 saturated heterocycles. The average Bonchev–Trinajstić information content (AvgIpc) is 3.11. The predicted octanol–water partition coefficient (Wildman–Crippen LogP) is 4.02. The Morgan fingerprint density at radius 2 is 1.93 bits per heavy atom. The number of nitrogens with zero attached hydrogens (tertiary/aromatic N) is 2. The number of imidazole rings is 1. The zero-order valence-corrected chi connectivity index (χ0v) is 15.7. The number of carbonyl (C=O) groups excluding carboxylic acids is 1. The lowest BCUT2D eigenvalue weighted by Crippen LogP contribution is -2.25. The fraction of sp³-hybridized carbons (Fsp3) is 0.200. The first kappa shape index (κ1) is 17.4. The van der Waals surface area contributed by atoms with Crippen molar-refractivity contribution in [1.29, 1.82) is 0 Å².